The van der Waals surface area contributed by atoms with Crippen LogP contribution < -0.4 is 5.32 Å². The first-order valence-corrected chi connectivity index (χ1v) is 5.55. The molecule has 0 aromatic carbocycles. The van der Waals surface area contributed by atoms with Crippen LogP contribution in [0.3, 0.4) is 0 Å². The van der Waals surface area contributed by atoms with Gasteiger partial charge in [-0.2, -0.15) is 0 Å². The van der Waals surface area contributed by atoms with Crippen molar-refractivity contribution in [3.8, 4) is 0 Å². The van der Waals surface area contributed by atoms with Crippen molar-refractivity contribution >= 4 is 11.3 Å². The van der Waals surface area contributed by atoms with Crippen LogP contribution in [0.2, 0.25) is 0 Å². The van der Waals surface area contributed by atoms with Gasteiger partial charge in [0.1, 0.15) is 0 Å². The molecule has 0 saturated carbocycles. The number of aromatic nitrogens is 1. The second-order valence-corrected chi connectivity index (χ2v) is 3.83. The van der Waals surface area contributed by atoms with E-state index in [-0.39, 0.29) is 11.8 Å². The molecule has 0 bridgehead atoms. The normalized spacial score (nSPS) is 12.9. The van der Waals surface area contributed by atoms with Gasteiger partial charge in [0, 0.05) is 11.7 Å². The highest BCUT2D eigenvalue weighted by Gasteiger charge is 2.18. The Labute approximate surface area is 95.1 Å². The maximum absolute atomic E-state index is 12.2. The second kappa shape index (κ2) is 4.49. The van der Waals surface area contributed by atoms with Crippen LogP contribution in [0.5, 0.6) is 0 Å². The molecule has 2 rings (SSSR count). The molecule has 2 aromatic rings. The highest BCUT2D eigenvalue weighted by atomic mass is 16.1. The minimum absolute atomic E-state index is 0.0988. The Morgan fingerprint density at radius 1 is 1.38 bits per heavy atom. The van der Waals surface area contributed by atoms with E-state index < -0.39 is 0 Å². The molecule has 0 aliphatic carbocycles. The second-order valence-electron chi connectivity index (χ2n) is 3.83. The molecule has 1 unspecified atom stereocenters. The Morgan fingerprint density at radius 3 is 2.88 bits per heavy atom. The Kier molecular flexibility index (Phi) is 3.06. The summed E-state index contributed by atoms with van der Waals surface area (Å²) in [6.07, 6.45) is 2.72. The molecule has 0 spiro atoms. The minimum atomic E-state index is -0.0988. The lowest BCUT2D eigenvalue weighted by Crippen LogP contribution is -2.33. The molecule has 0 fully saturated rings. The predicted molar refractivity (Wildman–Crippen MR) is 64.9 cm³/mol. The molecule has 0 radical (unpaired) electrons. The van der Waals surface area contributed by atoms with Crippen molar-refractivity contribution in [2.45, 2.75) is 19.4 Å². The average Bonchev–Trinajstić information content (AvgIpc) is 2.74. The highest BCUT2D eigenvalue weighted by molar-refractivity contribution is 5.99. The van der Waals surface area contributed by atoms with E-state index in [2.05, 4.69) is 5.32 Å². The van der Waals surface area contributed by atoms with E-state index in [0.29, 0.717) is 0 Å². The molecular formula is C13H16N2O. The van der Waals surface area contributed by atoms with Crippen LogP contribution in [0.25, 0.3) is 5.52 Å². The zero-order valence-electron chi connectivity index (χ0n) is 9.60. The largest absolute Gasteiger partial charge is 0.314 e. The fraction of sp³-hybridized carbons (Fsp3) is 0.308. The first kappa shape index (κ1) is 10.9. The van der Waals surface area contributed by atoms with Gasteiger partial charge >= 0.3 is 0 Å². The summed E-state index contributed by atoms with van der Waals surface area (Å²) < 4.78 is 1.93. The van der Waals surface area contributed by atoms with Crippen molar-refractivity contribution in [2.75, 3.05) is 7.05 Å². The van der Waals surface area contributed by atoms with Gasteiger partial charge < -0.3 is 9.72 Å². The molecule has 1 N–H and O–H groups in total. The van der Waals surface area contributed by atoms with Gasteiger partial charge in [0.2, 0.25) is 0 Å². The fourth-order valence-electron chi connectivity index (χ4n) is 1.96. The molecular weight excluding hydrogens is 200 g/mol. The van der Waals surface area contributed by atoms with Crippen molar-refractivity contribution in [1.82, 2.24) is 9.72 Å². The number of hydrogen-bond donors (Lipinski definition) is 1. The molecule has 0 aliphatic rings. The number of carbonyl (C=O) groups is 1. The third kappa shape index (κ3) is 1.74. The molecule has 0 amide bonds. The Balaban J connectivity index is 2.43. The zero-order valence-corrected chi connectivity index (χ0v) is 9.60. The Hall–Kier alpha value is -1.61. The van der Waals surface area contributed by atoms with Crippen molar-refractivity contribution in [1.29, 1.82) is 0 Å². The molecule has 84 valence electrons. The summed E-state index contributed by atoms with van der Waals surface area (Å²) in [7, 11) is 1.82. The van der Waals surface area contributed by atoms with Crippen molar-refractivity contribution in [3.05, 3.63) is 42.2 Å². The Morgan fingerprint density at radius 2 is 2.19 bits per heavy atom. The monoisotopic (exact) mass is 216 g/mol. The van der Waals surface area contributed by atoms with Crippen LogP contribution in [0.1, 0.15) is 23.8 Å². The lowest BCUT2D eigenvalue weighted by molar-refractivity contribution is 0.0939. The Bertz CT molecular complexity index is 497. The number of fused-ring (bicyclic) bond motifs is 1. The van der Waals surface area contributed by atoms with Gasteiger partial charge in [-0.25, -0.2) is 0 Å². The van der Waals surface area contributed by atoms with E-state index >= 15 is 0 Å². The lowest BCUT2D eigenvalue weighted by Gasteiger charge is -2.12. The number of hydrogen-bond acceptors (Lipinski definition) is 2. The number of pyridine rings is 1. The summed E-state index contributed by atoms with van der Waals surface area (Å²) in [5, 5.41) is 3.04. The molecule has 2 aromatic heterocycles. The van der Waals surface area contributed by atoms with Crippen LogP contribution in [-0.4, -0.2) is 23.3 Å². The molecule has 0 aliphatic heterocycles. The number of carbonyl (C=O) groups excluding carboxylic acids is 1. The topological polar surface area (TPSA) is 33.5 Å². The first-order valence-electron chi connectivity index (χ1n) is 5.55. The molecule has 1 atom stereocenters. The highest BCUT2D eigenvalue weighted by Crippen LogP contribution is 2.12. The number of nitrogens with one attached hydrogen (secondary N) is 1. The summed E-state index contributed by atoms with van der Waals surface area (Å²) >= 11 is 0. The van der Waals surface area contributed by atoms with Crippen LogP contribution >= 0.6 is 0 Å². The van der Waals surface area contributed by atoms with Gasteiger partial charge in [-0.05, 0) is 37.7 Å². The fourth-order valence-corrected chi connectivity index (χ4v) is 1.96. The summed E-state index contributed by atoms with van der Waals surface area (Å²) in [5.41, 5.74) is 1.80. The van der Waals surface area contributed by atoms with Crippen LogP contribution in [0, 0.1) is 0 Å². The maximum Gasteiger partial charge on any atom is 0.196 e. The van der Waals surface area contributed by atoms with E-state index in [1.54, 1.807) is 0 Å². The van der Waals surface area contributed by atoms with Crippen LogP contribution in [0.4, 0.5) is 0 Å². The summed E-state index contributed by atoms with van der Waals surface area (Å²) in [4.78, 5) is 12.2. The summed E-state index contributed by atoms with van der Waals surface area (Å²) in [5.74, 6) is 0.149. The molecule has 0 saturated heterocycles. The van der Waals surface area contributed by atoms with E-state index in [1.165, 1.54) is 0 Å². The van der Waals surface area contributed by atoms with E-state index in [9.17, 15) is 4.79 Å². The maximum atomic E-state index is 12.2. The smallest absolute Gasteiger partial charge is 0.196 e. The number of rotatable bonds is 4. The molecule has 3 heteroatoms. The van der Waals surface area contributed by atoms with Gasteiger partial charge in [0.15, 0.2) is 5.78 Å². The first-order chi connectivity index (χ1) is 7.77. The number of ketones is 1. The quantitative estimate of drug-likeness (QED) is 0.794. The SMILES string of the molecule is CCC(NC)C(=O)c1ccc2ccccn12. The summed E-state index contributed by atoms with van der Waals surface area (Å²) in [6, 6.07) is 9.66. The third-order valence-corrected chi connectivity index (χ3v) is 2.89. The molecule has 2 heterocycles. The standard InChI is InChI=1S/C13H16N2O/c1-3-11(14-2)13(16)12-8-7-10-6-4-5-9-15(10)12/h4-9,11,14H,3H2,1-2H3. The van der Waals surface area contributed by atoms with Crippen LogP contribution in [-0.2, 0) is 0 Å². The van der Waals surface area contributed by atoms with Gasteiger partial charge in [-0.3, -0.25) is 4.79 Å². The van der Waals surface area contributed by atoms with Crippen LogP contribution in [0.15, 0.2) is 36.5 Å². The van der Waals surface area contributed by atoms with E-state index in [0.717, 1.165) is 17.6 Å². The van der Waals surface area contributed by atoms with Gasteiger partial charge in [-0.15, -0.1) is 0 Å². The zero-order chi connectivity index (χ0) is 11.5. The third-order valence-electron chi connectivity index (χ3n) is 2.89. The van der Waals surface area contributed by atoms with E-state index in [1.807, 2.05) is 54.9 Å². The van der Waals surface area contributed by atoms with Gasteiger partial charge in [0.25, 0.3) is 0 Å². The lowest BCUT2D eigenvalue weighted by atomic mass is 10.1. The summed E-state index contributed by atoms with van der Waals surface area (Å²) in [6.45, 7) is 2.01. The van der Waals surface area contributed by atoms with Crippen molar-refractivity contribution < 1.29 is 4.79 Å². The number of nitrogens with zero attached hydrogens (tertiary/aromatic N) is 1. The molecule has 3 nitrogen and oxygen atoms in total. The average molecular weight is 216 g/mol. The van der Waals surface area contributed by atoms with Gasteiger partial charge in [0.05, 0.1) is 11.7 Å². The number of Topliss-reactive ketones (excluding diaryl/α,β-unsaturated/α-hetero) is 1. The van der Waals surface area contributed by atoms with Gasteiger partial charge in [-0.1, -0.05) is 13.0 Å². The number of likely N-dealkylation sites (N-methyl/N-ethyl adjacent to an activating group) is 1. The minimum Gasteiger partial charge on any atom is -0.314 e. The van der Waals surface area contributed by atoms with Crippen molar-refractivity contribution in [3.63, 3.8) is 0 Å². The molecule has 16 heavy (non-hydrogen) atoms. The van der Waals surface area contributed by atoms with Crippen molar-refractivity contribution in [2.24, 2.45) is 0 Å². The predicted octanol–water partition coefficient (Wildman–Crippen LogP) is 2.12. The van der Waals surface area contributed by atoms with E-state index in [4.69, 9.17) is 0 Å².